The van der Waals surface area contributed by atoms with E-state index in [0.29, 0.717) is 26.2 Å². The molecule has 8 heteroatoms. The van der Waals surface area contributed by atoms with Crippen LogP contribution < -0.4 is 10.9 Å². The zero-order chi connectivity index (χ0) is 16.2. The number of nitrogens with zero attached hydrogens (tertiary/aromatic N) is 3. The highest BCUT2D eigenvalue weighted by Crippen LogP contribution is 2.16. The highest BCUT2D eigenvalue weighted by molar-refractivity contribution is 5.82. The van der Waals surface area contributed by atoms with Crippen LogP contribution in [0.1, 0.15) is 24.1 Å². The fraction of sp³-hybridized carbons (Fsp3) is 0.600. The fourth-order valence-corrected chi connectivity index (χ4v) is 2.86. The van der Waals surface area contributed by atoms with Crippen molar-refractivity contribution in [3.8, 4) is 0 Å². The smallest absolute Gasteiger partial charge is 0.410 e. The van der Waals surface area contributed by atoms with E-state index in [9.17, 15) is 14.4 Å². The van der Waals surface area contributed by atoms with Crippen molar-refractivity contribution >= 4 is 12.0 Å². The first-order valence-corrected chi connectivity index (χ1v) is 7.92. The monoisotopic (exact) mass is 320 g/mol. The standard InChI is InChI=1S/C15H20N4O4/c20-13(10-18-7-8-23-15(18)22)16-5-6-19-14(21)9-11-3-1-2-4-12(11)17-19/h9H,1-8,10H2,(H,16,20). The SMILES string of the molecule is O=C(CN1CCOC1=O)NCCn1nc2c(cc1=O)CCCC2. The predicted octanol–water partition coefficient (Wildman–Crippen LogP) is -0.309. The van der Waals surface area contributed by atoms with Gasteiger partial charge in [-0.1, -0.05) is 0 Å². The Morgan fingerprint density at radius 3 is 2.91 bits per heavy atom. The first-order chi connectivity index (χ1) is 11.1. The number of nitrogens with one attached hydrogen (secondary N) is 1. The average molecular weight is 320 g/mol. The number of hydrogen-bond acceptors (Lipinski definition) is 5. The summed E-state index contributed by atoms with van der Waals surface area (Å²) in [6.45, 7) is 1.35. The highest BCUT2D eigenvalue weighted by atomic mass is 16.6. The van der Waals surface area contributed by atoms with E-state index < -0.39 is 6.09 Å². The van der Waals surface area contributed by atoms with Crippen LogP contribution in [0.15, 0.2) is 10.9 Å². The van der Waals surface area contributed by atoms with E-state index in [-0.39, 0.29) is 18.0 Å². The molecule has 0 aromatic carbocycles. The van der Waals surface area contributed by atoms with Crippen LogP contribution in [-0.2, 0) is 28.9 Å². The Kier molecular flexibility index (Phi) is 4.59. The van der Waals surface area contributed by atoms with E-state index >= 15 is 0 Å². The molecule has 0 saturated carbocycles. The van der Waals surface area contributed by atoms with Gasteiger partial charge in [-0.25, -0.2) is 9.48 Å². The third-order valence-corrected chi connectivity index (χ3v) is 4.10. The maximum absolute atomic E-state index is 12.0. The van der Waals surface area contributed by atoms with Gasteiger partial charge in [-0.2, -0.15) is 5.10 Å². The summed E-state index contributed by atoms with van der Waals surface area (Å²) in [5.74, 6) is -0.269. The number of ether oxygens (including phenoxy) is 1. The van der Waals surface area contributed by atoms with Crippen molar-refractivity contribution in [2.75, 3.05) is 26.2 Å². The van der Waals surface area contributed by atoms with Gasteiger partial charge in [-0.05, 0) is 31.2 Å². The van der Waals surface area contributed by atoms with E-state index in [1.807, 2.05) is 0 Å². The van der Waals surface area contributed by atoms with E-state index in [1.54, 1.807) is 6.07 Å². The lowest BCUT2D eigenvalue weighted by molar-refractivity contribution is -0.121. The second-order valence-electron chi connectivity index (χ2n) is 5.77. The number of carbonyl (C=O) groups is 2. The summed E-state index contributed by atoms with van der Waals surface area (Å²) in [5, 5.41) is 7.09. The van der Waals surface area contributed by atoms with Gasteiger partial charge in [0.25, 0.3) is 5.56 Å². The third-order valence-electron chi connectivity index (χ3n) is 4.10. The average Bonchev–Trinajstić information content (AvgIpc) is 2.93. The topological polar surface area (TPSA) is 93.5 Å². The Balaban J connectivity index is 1.51. The molecule has 1 aromatic heterocycles. The summed E-state index contributed by atoms with van der Waals surface area (Å²) < 4.78 is 6.16. The minimum absolute atomic E-state index is 0.0225. The van der Waals surface area contributed by atoms with Gasteiger partial charge in [0, 0.05) is 12.6 Å². The van der Waals surface area contributed by atoms with Crippen molar-refractivity contribution in [3.63, 3.8) is 0 Å². The van der Waals surface area contributed by atoms with Gasteiger partial charge in [0.15, 0.2) is 0 Å². The lowest BCUT2D eigenvalue weighted by atomic mass is 9.97. The molecule has 0 atom stereocenters. The van der Waals surface area contributed by atoms with Crippen LogP contribution >= 0.6 is 0 Å². The molecule has 2 heterocycles. The van der Waals surface area contributed by atoms with Crippen LogP contribution in [0.3, 0.4) is 0 Å². The zero-order valence-corrected chi connectivity index (χ0v) is 12.9. The number of aryl methyl sites for hydroxylation is 2. The summed E-state index contributed by atoms with van der Waals surface area (Å²) in [7, 11) is 0. The molecular weight excluding hydrogens is 300 g/mol. The molecule has 0 spiro atoms. The van der Waals surface area contributed by atoms with Crippen molar-refractivity contribution in [1.82, 2.24) is 20.0 Å². The lowest BCUT2D eigenvalue weighted by Crippen LogP contribution is -2.40. The van der Waals surface area contributed by atoms with Crippen LogP contribution in [0.5, 0.6) is 0 Å². The first-order valence-electron chi connectivity index (χ1n) is 7.92. The molecule has 1 saturated heterocycles. The summed E-state index contributed by atoms with van der Waals surface area (Å²) >= 11 is 0. The first kappa shape index (κ1) is 15.5. The zero-order valence-electron chi connectivity index (χ0n) is 12.9. The number of aromatic nitrogens is 2. The van der Waals surface area contributed by atoms with Crippen LogP contribution in [0.2, 0.25) is 0 Å². The van der Waals surface area contributed by atoms with Crippen molar-refractivity contribution < 1.29 is 14.3 Å². The molecule has 23 heavy (non-hydrogen) atoms. The number of fused-ring (bicyclic) bond motifs is 1. The summed E-state index contributed by atoms with van der Waals surface area (Å²) in [5.41, 5.74) is 1.90. The van der Waals surface area contributed by atoms with E-state index in [1.165, 1.54) is 9.58 Å². The second kappa shape index (κ2) is 6.80. The summed E-state index contributed by atoms with van der Waals surface area (Å²) in [4.78, 5) is 36.4. The van der Waals surface area contributed by atoms with Gasteiger partial charge in [-0.15, -0.1) is 0 Å². The lowest BCUT2D eigenvalue weighted by Gasteiger charge is -2.16. The van der Waals surface area contributed by atoms with Crippen LogP contribution in [0.25, 0.3) is 0 Å². The largest absolute Gasteiger partial charge is 0.448 e. The Bertz CT molecular complexity index is 670. The van der Waals surface area contributed by atoms with Crippen LogP contribution in [0.4, 0.5) is 4.79 Å². The van der Waals surface area contributed by atoms with Gasteiger partial charge in [0.05, 0.1) is 18.8 Å². The second-order valence-corrected chi connectivity index (χ2v) is 5.77. The Morgan fingerprint density at radius 2 is 2.13 bits per heavy atom. The van der Waals surface area contributed by atoms with E-state index in [4.69, 9.17) is 4.74 Å². The molecule has 1 N–H and O–H groups in total. The molecule has 0 unspecified atom stereocenters. The van der Waals surface area contributed by atoms with Crippen molar-refractivity contribution in [3.05, 3.63) is 27.7 Å². The van der Waals surface area contributed by atoms with E-state index in [0.717, 1.165) is 36.9 Å². The Labute approximate surface area is 133 Å². The maximum Gasteiger partial charge on any atom is 0.410 e. The number of amides is 2. The predicted molar refractivity (Wildman–Crippen MR) is 81.1 cm³/mol. The molecule has 1 aromatic rings. The normalized spacial score (nSPS) is 16.9. The molecule has 1 aliphatic heterocycles. The Hall–Kier alpha value is -2.38. The summed E-state index contributed by atoms with van der Waals surface area (Å²) in [6.07, 6.45) is 3.56. The minimum atomic E-state index is -0.465. The number of hydrogen-bond donors (Lipinski definition) is 1. The molecular formula is C15H20N4O4. The van der Waals surface area contributed by atoms with Crippen molar-refractivity contribution in [2.24, 2.45) is 0 Å². The van der Waals surface area contributed by atoms with Gasteiger partial charge in [0.1, 0.15) is 13.2 Å². The van der Waals surface area contributed by atoms with Crippen LogP contribution in [0, 0.1) is 0 Å². The number of cyclic esters (lactones) is 1. The maximum atomic E-state index is 12.0. The van der Waals surface area contributed by atoms with E-state index in [2.05, 4.69) is 10.4 Å². The molecule has 0 bridgehead atoms. The molecule has 1 fully saturated rings. The minimum Gasteiger partial charge on any atom is -0.448 e. The molecule has 8 nitrogen and oxygen atoms in total. The quantitative estimate of drug-likeness (QED) is 0.803. The number of carbonyl (C=O) groups excluding carboxylic acids is 2. The third kappa shape index (κ3) is 3.69. The highest BCUT2D eigenvalue weighted by Gasteiger charge is 2.23. The molecule has 1 aliphatic carbocycles. The molecule has 0 radical (unpaired) electrons. The Morgan fingerprint density at radius 1 is 1.30 bits per heavy atom. The van der Waals surface area contributed by atoms with Gasteiger partial charge in [-0.3, -0.25) is 14.5 Å². The van der Waals surface area contributed by atoms with Crippen molar-refractivity contribution in [1.29, 1.82) is 0 Å². The summed E-state index contributed by atoms with van der Waals surface area (Å²) in [6, 6.07) is 1.66. The molecule has 2 aliphatic rings. The molecule has 2 amide bonds. The van der Waals surface area contributed by atoms with Gasteiger partial charge >= 0.3 is 6.09 Å². The molecule has 124 valence electrons. The van der Waals surface area contributed by atoms with Crippen LogP contribution in [-0.4, -0.2) is 52.9 Å². The fourth-order valence-electron chi connectivity index (χ4n) is 2.86. The van der Waals surface area contributed by atoms with Gasteiger partial charge in [0.2, 0.25) is 5.91 Å². The number of rotatable bonds is 5. The van der Waals surface area contributed by atoms with Gasteiger partial charge < -0.3 is 10.1 Å². The molecule has 3 rings (SSSR count). The van der Waals surface area contributed by atoms with Crippen molar-refractivity contribution in [2.45, 2.75) is 32.2 Å².